The highest BCUT2D eigenvalue weighted by atomic mass is 16.3. The summed E-state index contributed by atoms with van der Waals surface area (Å²) in [5.41, 5.74) is 2.09. The predicted octanol–water partition coefficient (Wildman–Crippen LogP) is 2.93. The monoisotopic (exact) mass is 386 g/mol. The van der Waals surface area contributed by atoms with Crippen LogP contribution in [0.4, 0.5) is 0 Å². The summed E-state index contributed by atoms with van der Waals surface area (Å²) in [6, 6.07) is 13.8. The molecule has 29 heavy (non-hydrogen) atoms. The van der Waals surface area contributed by atoms with Crippen LogP contribution in [0.2, 0.25) is 0 Å². The minimum atomic E-state index is -0.311. The molecule has 0 aliphatic rings. The third-order valence-electron chi connectivity index (χ3n) is 4.46. The zero-order valence-electron chi connectivity index (χ0n) is 15.7. The van der Waals surface area contributed by atoms with Crippen LogP contribution in [0.15, 0.2) is 48.8 Å². The lowest BCUT2D eigenvalue weighted by atomic mass is 10.1. The van der Waals surface area contributed by atoms with E-state index in [4.69, 9.17) is 10.5 Å². The Labute approximate surface area is 167 Å². The highest BCUT2D eigenvalue weighted by molar-refractivity contribution is 5.94. The summed E-state index contributed by atoms with van der Waals surface area (Å²) in [6.07, 6.45) is 3.80. The van der Waals surface area contributed by atoms with Crippen molar-refractivity contribution in [2.45, 2.75) is 25.8 Å². The van der Waals surface area contributed by atoms with Gasteiger partial charge in [0.2, 0.25) is 5.88 Å². The van der Waals surface area contributed by atoms with Crippen LogP contribution in [0, 0.1) is 22.7 Å². The van der Waals surface area contributed by atoms with Gasteiger partial charge in [-0.15, -0.1) is 0 Å². The number of aromatic hydroxyl groups is 1. The van der Waals surface area contributed by atoms with E-state index in [1.165, 1.54) is 17.1 Å². The fourth-order valence-corrected chi connectivity index (χ4v) is 2.76. The molecule has 2 aromatic heterocycles. The average Bonchev–Trinajstić information content (AvgIpc) is 3.14. The van der Waals surface area contributed by atoms with Crippen LogP contribution < -0.4 is 5.32 Å². The van der Waals surface area contributed by atoms with E-state index in [1.807, 2.05) is 19.1 Å². The van der Waals surface area contributed by atoms with Gasteiger partial charge in [0, 0.05) is 12.2 Å². The molecule has 8 heteroatoms. The summed E-state index contributed by atoms with van der Waals surface area (Å²) in [6.45, 7) is 1.90. The minimum absolute atomic E-state index is 0.0977. The van der Waals surface area contributed by atoms with Crippen molar-refractivity contribution < 1.29 is 9.90 Å². The lowest BCUT2D eigenvalue weighted by molar-refractivity contribution is 0.0936. The molecule has 1 unspecified atom stereocenters. The summed E-state index contributed by atoms with van der Waals surface area (Å²) in [7, 11) is 0. The third-order valence-corrected chi connectivity index (χ3v) is 4.46. The molecule has 3 rings (SSSR count). The number of nitrogens with zero attached hydrogens (tertiary/aromatic N) is 5. The zero-order valence-corrected chi connectivity index (χ0v) is 15.7. The first-order chi connectivity index (χ1) is 14.1. The van der Waals surface area contributed by atoms with Gasteiger partial charge in [0.1, 0.15) is 0 Å². The first-order valence-corrected chi connectivity index (χ1v) is 8.99. The number of carbonyl (C=O) groups excluding carboxylic acids is 1. The van der Waals surface area contributed by atoms with Gasteiger partial charge < -0.3 is 10.4 Å². The number of carbonyl (C=O) groups is 1. The van der Waals surface area contributed by atoms with E-state index in [-0.39, 0.29) is 24.2 Å². The molecule has 1 amide bonds. The number of nitriles is 2. The van der Waals surface area contributed by atoms with E-state index in [0.29, 0.717) is 34.5 Å². The normalized spacial score (nSPS) is 11.3. The number of aromatic nitrogens is 3. The van der Waals surface area contributed by atoms with Crippen molar-refractivity contribution >= 4 is 5.91 Å². The molecule has 1 aromatic carbocycles. The van der Waals surface area contributed by atoms with Crippen molar-refractivity contribution in [2.24, 2.45) is 0 Å². The van der Waals surface area contributed by atoms with E-state index in [9.17, 15) is 9.90 Å². The smallest absolute Gasteiger partial charge is 0.253 e. The topological polar surface area (TPSA) is 128 Å². The average molecular weight is 386 g/mol. The second-order valence-electron chi connectivity index (χ2n) is 6.33. The molecule has 144 valence electrons. The van der Waals surface area contributed by atoms with Crippen LogP contribution in [-0.4, -0.2) is 31.8 Å². The van der Waals surface area contributed by atoms with Gasteiger partial charge in [-0.05, 0) is 36.2 Å². The van der Waals surface area contributed by atoms with Gasteiger partial charge in [-0.3, -0.25) is 4.79 Å². The highest BCUT2D eigenvalue weighted by Crippen LogP contribution is 2.30. The molecule has 0 spiro atoms. The second kappa shape index (κ2) is 8.68. The highest BCUT2D eigenvalue weighted by Gasteiger charge is 2.16. The molecule has 2 N–H and O–H groups in total. The van der Waals surface area contributed by atoms with E-state index >= 15 is 0 Å². The summed E-state index contributed by atoms with van der Waals surface area (Å²) in [5, 5.41) is 35.2. The fourth-order valence-electron chi connectivity index (χ4n) is 2.76. The molecule has 0 saturated heterocycles. The molecular formula is C21H18N6O2. The number of hydrogen-bond acceptors (Lipinski definition) is 6. The molecule has 0 radical (unpaired) electrons. The summed E-state index contributed by atoms with van der Waals surface area (Å²) >= 11 is 0. The van der Waals surface area contributed by atoms with Gasteiger partial charge in [0.25, 0.3) is 5.91 Å². The molecule has 0 fully saturated rings. The van der Waals surface area contributed by atoms with Crippen molar-refractivity contribution in [3.05, 3.63) is 59.9 Å². The SMILES string of the molecule is CCC(CC#N)NC(=O)c1ccc(-n2ncc(-c3ccc(C#N)cc3)c2O)nc1. The van der Waals surface area contributed by atoms with E-state index in [2.05, 4.69) is 15.4 Å². The van der Waals surface area contributed by atoms with E-state index in [1.54, 1.807) is 36.4 Å². The van der Waals surface area contributed by atoms with Crippen molar-refractivity contribution in [3.8, 4) is 35.0 Å². The molecule has 8 nitrogen and oxygen atoms in total. The van der Waals surface area contributed by atoms with Crippen LogP contribution in [0.25, 0.3) is 16.9 Å². The molecule has 0 saturated carbocycles. The van der Waals surface area contributed by atoms with Crippen LogP contribution >= 0.6 is 0 Å². The summed E-state index contributed by atoms with van der Waals surface area (Å²) in [4.78, 5) is 16.5. The molecular weight excluding hydrogens is 368 g/mol. The van der Waals surface area contributed by atoms with E-state index in [0.717, 1.165) is 0 Å². The van der Waals surface area contributed by atoms with Gasteiger partial charge in [-0.1, -0.05) is 19.1 Å². The molecule has 0 aliphatic heterocycles. The quantitative estimate of drug-likeness (QED) is 0.670. The molecule has 1 atom stereocenters. The van der Waals surface area contributed by atoms with Crippen molar-refractivity contribution in [3.63, 3.8) is 0 Å². The van der Waals surface area contributed by atoms with Gasteiger partial charge in [-0.25, -0.2) is 4.98 Å². The van der Waals surface area contributed by atoms with Gasteiger partial charge in [0.15, 0.2) is 5.82 Å². The lowest BCUT2D eigenvalue weighted by Gasteiger charge is -2.13. The van der Waals surface area contributed by atoms with Crippen LogP contribution in [0.1, 0.15) is 35.7 Å². The number of hydrogen-bond donors (Lipinski definition) is 2. The van der Waals surface area contributed by atoms with Crippen LogP contribution in [-0.2, 0) is 0 Å². The van der Waals surface area contributed by atoms with Gasteiger partial charge in [0.05, 0.1) is 41.4 Å². The number of benzene rings is 1. The maximum atomic E-state index is 12.3. The van der Waals surface area contributed by atoms with Crippen LogP contribution in [0.3, 0.4) is 0 Å². The van der Waals surface area contributed by atoms with Gasteiger partial charge >= 0.3 is 0 Å². The largest absolute Gasteiger partial charge is 0.493 e. The maximum absolute atomic E-state index is 12.3. The van der Waals surface area contributed by atoms with Gasteiger partial charge in [-0.2, -0.15) is 20.3 Å². The van der Waals surface area contributed by atoms with Crippen molar-refractivity contribution in [1.82, 2.24) is 20.1 Å². The minimum Gasteiger partial charge on any atom is -0.493 e. The van der Waals surface area contributed by atoms with Crippen molar-refractivity contribution in [1.29, 1.82) is 10.5 Å². The van der Waals surface area contributed by atoms with E-state index < -0.39 is 0 Å². The Morgan fingerprint density at radius 1 is 1.21 bits per heavy atom. The Hall–Kier alpha value is -4.17. The Balaban J connectivity index is 1.80. The first kappa shape index (κ1) is 19.6. The fraction of sp³-hybridized carbons (Fsp3) is 0.190. The number of amides is 1. The third kappa shape index (κ3) is 4.23. The summed E-state index contributed by atoms with van der Waals surface area (Å²) < 4.78 is 1.26. The Bertz CT molecular complexity index is 1090. The number of rotatable bonds is 6. The van der Waals surface area contributed by atoms with Crippen molar-refractivity contribution in [2.75, 3.05) is 0 Å². The summed E-state index contributed by atoms with van der Waals surface area (Å²) in [5.74, 6) is -0.0587. The standard InChI is InChI=1S/C21H18N6O2/c1-2-17(9-10-22)26-20(28)16-7-8-19(24-12-16)27-21(29)18(13-25-27)15-5-3-14(11-23)4-6-15/h3-8,12-13,17,29H,2,9H2,1H3,(H,26,28). The zero-order chi connectivity index (χ0) is 20.8. The predicted molar refractivity (Wildman–Crippen MR) is 105 cm³/mol. The molecule has 0 bridgehead atoms. The maximum Gasteiger partial charge on any atom is 0.253 e. The molecule has 3 aromatic rings. The Kier molecular flexibility index (Phi) is 5.86. The number of nitrogens with one attached hydrogen (secondary N) is 1. The second-order valence-corrected chi connectivity index (χ2v) is 6.33. The molecule has 2 heterocycles. The Morgan fingerprint density at radius 3 is 2.55 bits per heavy atom. The lowest BCUT2D eigenvalue weighted by Crippen LogP contribution is -2.34. The Morgan fingerprint density at radius 2 is 1.97 bits per heavy atom. The van der Waals surface area contributed by atoms with Crippen LogP contribution in [0.5, 0.6) is 5.88 Å². The molecule has 0 aliphatic carbocycles. The number of pyridine rings is 1. The first-order valence-electron chi connectivity index (χ1n) is 8.99.